The molecule has 126 valence electrons. The van der Waals surface area contributed by atoms with Crippen LogP contribution in [-0.2, 0) is 4.79 Å². The molecule has 1 amide bonds. The molecule has 0 aliphatic heterocycles. The summed E-state index contributed by atoms with van der Waals surface area (Å²) in [6.07, 6.45) is 3.33. The van der Waals surface area contributed by atoms with Gasteiger partial charge in [-0.25, -0.2) is 0 Å². The largest absolute Gasteiger partial charge is 0.355 e. The predicted octanol–water partition coefficient (Wildman–Crippen LogP) is 3.59. The number of nitrogens with zero attached hydrogens (tertiary/aromatic N) is 3. The number of aryl methyl sites for hydroxylation is 1. The van der Waals surface area contributed by atoms with Gasteiger partial charge in [0, 0.05) is 11.9 Å². The van der Waals surface area contributed by atoms with Crippen LogP contribution in [0.5, 0.6) is 0 Å². The van der Waals surface area contributed by atoms with Crippen LogP contribution in [0.4, 0.5) is 0 Å². The molecule has 3 rings (SSSR count). The van der Waals surface area contributed by atoms with E-state index in [4.69, 9.17) is 0 Å². The van der Waals surface area contributed by atoms with Crippen LogP contribution < -0.4 is 5.32 Å². The Morgan fingerprint density at radius 3 is 2.92 bits per heavy atom. The van der Waals surface area contributed by atoms with Gasteiger partial charge in [-0.1, -0.05) is 49.7 Å². The topological polar surface area (TPSA) is 59.3 Å². The van der Waals surface area contributed by atoms with Crippen LogP contribution in [0.1, 0.15) is 31.7 Å². The maximum absolute atomic E-state index is 12.0. The van der Waals surface area contributed by atoms with Gasteiger partial charge in [0.2, 0.25) is 5.91 Å². The summed E-state index contributed by atoms with van der Waals surface area (Å²) in [4.78, 5) is 12.0. The zero-order valence-corrected chi connectivity index (χ0v) is 14.9. The molecule has 3 aromatic rings. The number of amides is 1. The van der Waals surface area contributed by atoms with Gasteiger partial charge in [0.15, 0.2) is 10.8 Å². The molecule has 0 bridgehead atoms. The van der Waals surface area contributed by atoms with Crippen LogP contribution in [0.25, 0.3) is 16.6 Å². The number of pyridine rings is 1. The van der Waals surface area contributed by atoms with E-state index in [1.165, 1.54) is 22.7 Å². The fourth-order valence-corrected chi connectivity index (χ4v) is 3.53. The van der Waals surface area contributed by atoms with Crippen molar-refractivity contribution >= 4 is 34.2 Å². The van der Waals surface area contributed by atoms with Gasteiger partial charge in [-0.3, -0.25) is 9.20 Å². The molecule has 5 nitrogen and oxygen atoms in total. The highest BCUT2D eigenvalue weighted by atomic mass is 32.2. The fourth-order valence-electron chi connectivity index (χ4n) is 2.75. The number of aromatic nitrogens is 3. The van der Waals surface area contributed by atoms with E-state index in [-0.39, 0.29) is 5.91 Å². The lowest BCUT2D eigenvalue weighted by atomic mass is 10.1. The van der Waals surface area contributed by atoms with E-state index in [1.807, 2.05) is 22.6 Å². The van der Waals surface area contributed by atoms with Gasteiger partial charge < -0.3 is 5.32 Å². The summed E-state index contributed by atoms with van der Waals surface area (Å²) in [7, 11) is 0. The number of unbranched alkanes of at least 4 members (excludes halogenated alkanes) is 2. The minimum atomic E-state index is 0.0456. The quantitative estimate of drug-likeness (QED) is 0.526. The van der Waals surface area contributed by atoms with Crippen molar-refractivity contribution in [2.24, 2.45) is 0 Å². The molecule has 0 saturated carbocycles. The first kappa shape index (κ1) is 16.8. The molecule has 0 aliphatic rings. The Morgan fingerprint density at radius 2 is 2.08 bits per heavy atom. The van der Waals surface area contributed by atoms with E-state index in [0.717, 1.165) is 42.1 Å². The lowest BCUT2D eigenvalue weighted by Crippen LogP contribution is -2.26. The normalized spacial score (nSPS) is 11.2. The molecule has 0 spiro atoms. The highest BCUT2D eigenvalue weighted by Gasteiger charge is 2.12. The lowest BCUT2D eigenvalue weighted by molar-refractivity contribution is -0.118. The van der Waals surface area contributed by atoms with Gasteiger partial charge in [0.05, 0.1) is 11.3 Å². The van der Waals surface area contributed by atoms with Crippen molar-refractivity contribution in [3.8, 4) is 0 Å². The second-order valence-electron chi connectivity index (χ2n) is 5.87. The van der Waals surface area contributed by atoms with E-state index >= 15 is 0 Å². The van der Waals surface area contributed by atoms with Crippen LogP contribution in [0.3, 0.4) is 0 Å². The van der Waals surface area contributed by atoms with E-state index in [1.54, 1.807) is 0 Å². The average Bonchev–Trinajstić information content (AvgIpc) is 3.00. The number of para-hydroxylation sites is 1. The third-order valence-electron chi connectivity index (χ3n) is 4.01. The maximum atomic E-state index is 12.0. The summed E-state index contributed by atoms with van der Waals surface area (Å²) in [5.41, 5.74) is 3.07. The Balaban J connectivity index is 1.76. The number of hydrogen-bond donors (Lipinski definition) is 1. The number of fused-ring (bicyclic) bond motifs is 3. The van der Waals surface area contributed by atoms with Crippen LogP contribution in [-0.4, -0.2) is 32.8 Å². The summed E-state index contributed by atoms with van der Waals surface area (Å²) in [5, 5.41) is 13.4. The first-order valence-electron chi connectivity index (χ1n) is 8.33. The zero-order chi connectivity index (χ0) is 16.9. The average molecular weight is 342 g/mol. The lowest BCUT2D eigenvalue weighted by Gasteiger charge is -2.07. The third-order valence-corrected chi connectivity index (χ3v) is 4.94. The smallest absolute Gasteiger partial charge is 0.230 e. The molecule has 0 saturated heterocycles. The maximum Gasteiger partial charge on any atom is 0.230 e. The van der Waals surface area contributed by atoms with Crippen LogP contribution in [0.15, 0.2) is 35.5 Å². The molecule has 2 aromatic heterocycles. The van der Waals surface area contributed by atoms with Gasteiger partial charge in [0.25, 0.3) is 0 Å². The molecular weight excluding hydrogens is 320 g/mol. The SMILES string of the molecule is CCCCCNC(=O)CSc1nnc2cc(C)c3ccccc3n12. The van der Waals surface area contributed by atoms with Crippen molar-refractivity contribution < 1.29 is 4.79 Å². The third kappa shape index (κ3) is 3.53. The van der Waals surface area contributed by atoms with Gasteiger partial charge in [-0.05, 0) is 31.0 Å². The second kappa shape index (κ2) is 7.66. The van der Waals surface area contributed by atoms with Crippen molar-refractivity contribution in [3.05, 3.63) is 35.9 Å². The number of thioether (sulfide) groups is 1. The molecule has 1 aromatic carbocycles. The standard InChI is InChI=1S/C18H22N4OS/c1-3-4-7-10-19-17(23)12-24-18-21-20-16-11-13(2)14-8-5-6-9-15(14)22(16)18/h5-6,8-9,11H,3-4,7,10,12H2,1-2H3,(H,19,23). The zero-order valence-electron chi connectivity index (χ0n) is 14.1. The minimum Gasteiger partial charge on any atom is -0.355 e. The molecule has 0 fully saturated rings. The number of carbonyl (C=O) groups excluding carboxylic acids is 1. The van der Waals surface area contributed by atoms with E-state index < -0.39 is 0 Å². The van der Waals surface area contributed by atoms with E-state index in [9.17, 15) is 4.79 Å². The van der Waals surface area contributed by atoms with Crippen LogP contribution in [0.2, 0.25) is 0 Å². The number of nitrogens with one attached hydrogen (secondary N) is 1. The Bertz CT molecular complexity index is 859. The molecular formula is C18H22N4OS. The van der Waals surface area contributed by atoms with Crippen molar-refractivity contribution in [1.29, 1.82) is 0 Å². The molecule has 0 radical (unpaired) electrons. The van der Waals surface area contributed by atoms with Gasteiger partial charge >= 0.3 is 0 Å². The van der Waals surface area contributed by atoms with Crippen molar-refractivity contribution in [2.75, 3.05) is 12.3 Å². The Kier molecular flexibility index (Phi) is 5.35. The molecule has 0 atom stereocenters. The first-order valence-corrected chi connectivity index (χ1v) is 9.32. The summed E-state index contributed by atoms with van der Waals surface area (Å²) in [6.45, 7) is 4.98. The van der Waals surface area contributed by atoms with Crippen molar-refractivity contribution in [3.63, 3.8) is 0 Å². The predicted molar refractivity (Wildman–Crippen MR) is 98.5 cm³/mol. The second-order valence-corrected chi connectivity index (χ2v) is 6.81. The summed E-state index contributed by atoms with van der Waals surface area (Å²) in [6, 6.07) is 10.2. The van der Waals surface area contributed by atoms with Crippen molar-refractivity contribution in [2.45, 2.75) is 38.3 Å². The van der Waals surface area contributed by atoms with Crippen molar-refractivity contribution in [1.82, 2.24) is 19.9 Å². The first-order chi connectivity index (χ1) is 11.7. The molecule has 0 aliphatic carbocycles. The fraction of sp³-hybridized carbons (Fsp3) is 0.389. The summed E-state index contributed by atoms with van der Waals surface area (Å²) in [5.74, 6) is 0.402. The van der Waals surface area contributed by atoms with Crippen LogP contribution in [0, 0.1) is 6.92 Å². The van der Waals surface area contributed by atoms with Gasteiger partial charge in [0.1, 0.15) is 0 Å². The molecule has 6 heteroatoms. The highest BCUT2D eigenvalue weighted by Crippen LogP contribution is 2.25. The number of hydrogen-bond acceptors (Lipinski definition) is 4. The minimum absolute atomic E-state index is 0.0456. The van der Waals surface area contributed by atoms with Gasteiger partial charge in [-0.15, -0.1) is 10.2 Å². The Hall–Kier alpha value is -2.08. The molecule has 0 unspecified atom stereocenters. The number of carbonyl (C=O) groups is 1. The molecule has 2 heterocycles. The summed E-state index contributed by atoms with van der Waals surface area (Å²) >= 11 is 1.43. The van der Waals surface area contributed by atoms with Crippen LogP contribution >= 0.6 is 11.8 Å². The molecule has 24 heavy (non-hydrogen) atoms. The van der Waals surface area contributed by atoms with E-state index in [2.05, 4.69) is 41.5 Å². The monoisotopic (exact) mass is 342 g/mol. The van der Waals surface area contributed by atoms with E-state index in [0.29, 0.717) is 5.75 Å². The van der Waals surface area contributed by atoms with Gasteiger partial charge in [-0.2, -0.15) is 0 Å². The Labute approximate surface area is 145 Å². The highest BCUT2D eigenvalue weighted by molar-refractivity contribution is 7.99. The number of rotatable bonds is 7. The molecule has 1 N–H and O–H groups in total. The summed E-state index contributed by atoms with van der Waals surface area (Å²) < 4.78 is 2.03. The number of benzene rings is 1. The Morgan fingerprint density at radius 1 is 1.25 bits per heavy atom.